The molecule has 0 atom stereocenters. The van der Waals surface area contributed by atoms with Crippen molar-refractivity contribution >= 4 is 5.78 Å². The smallest absolute Gasteiger partial charge is 0.294 e. The Morgan fingerprint density at radius 1 is 1.43 bits per heavy atom. The zero-order valence-corrected chi connectivity index (χ0v) is 8.40. The van der Waals surface area contributed by atoms with Crippen molar-refractivity contribution in [2.24, 2.45) is 0 Å². The predicted octanol–water partition coefficient (Wildman–Crippen LogP) is 0.715. The van der Waals surface area contributed by atoms with E-state index in [2.05, 4.69) is 15.0 Å². The van der Waals surface area contributed by atoms with Gasteiger partial charge in [0.05, 0.1) is 0 Å². The second kappa shape index (κ2) is 2.67. The van der Waals surface area contributed by atoms with E-state index in [1.54, 1.807) is 12.4 Å². The van der Waals surface area contributed by atoms with Gasteiger partial charge in [-0.3, -0.25) is 4.98 Å². The Morgan fingerprint density at radius 2 is 2.14 bits per heavy atom. The van der Waals surface area contributed by atoms with Gasteiger partial charge < -0.3 is 0 Å². The fraction of sp³-hybridized carbons (Fsp3) is 0.444. The number of hydrogen-bond donors (Lipinski definition) is 1. The molecule has 0 aromatic carbocycles. The van der Waals surface area contributed by atoms with Crippen LogP contribution in [0.2, 0.25) is 0 Å². The molecule has 1 N–H and O–H groups in total. The first-order valence-electron chi connectivity index (χ1n) is 4.42. The van der Waals surface area contributed by atoms with Crippen LogP contribution in [0.1, 0.15) is 26.6 Å². The van der Waals surface area contributed by atoms with Crippen molar-refractivity contribution in [1.29, 1.82) is 0 Å². The highest BCUT2D eigenvalue weighted by Gasteiger charge is 2.17. The molecule has 14 heavy (non-hydrogen) atoms. The van der Waals surface area contributed by atoms with Gasteiger partial charge in [-0.1, -0.05) is 20.8 Å². The Bertz CT molecular complexity index is 517. The maximum atomic E-state index is 11.5. The third-order valence-corrected chi connectivity index (χ3v) is 1.99. The molecule has 2 aromatic heterocycles. The fourth-order valence-electron chi connectivity index (χ4n) is 1.18. The fourth-order valence-corrected chi connectivity index (χ4v) is 1.18. The zero-order valence-electron chi connectivity index (χ0n) is 8.40. The van der Waals surface area contributed by atoms with Gasteiger partial charge >= 0.3 is 5.69 Å². The summed E-state index contributed by atoms with van der Waals surface area (Å²) in [6, 6.07) is 0. The molecule has 74 valence electrons. The molecule has 5 heteroatoms. The molecule has 5 nitrogen and oxygen atoms in total. The van der Waals surface area contributed by atoms with Gasteiger partial charge in [0.2, 0.25) is 5.78 Å². The normalized spacial score (nSPS) is 12.2. The Morgan fingerprint density at radius 3 is 2.79 bits per heavy atom. The summed E-state index contributed by atoms with van der Waals surface area (Å²) >= 11 is 0. The van der Waals surface area contributed by atoms with E-state index in [0.717, 1.165) is 0 Å². The van der Waals surface area contributed by atoms with Gasteiger partial charge in [0.15, 0.2) is 0 Å². The molecule has 2 aromatic rings. The largest absolute Gasteiger partial charge is 0.333 e. The molecule has 0 saturated heterocycles. The van der Waals surface area contributed by atoms with Crippen LogP contribution in [-0.2, 0) is 5.41 Å². The van der Waals surface area contributed by atoms with Crippen molar-refractivity contribution in [3.63, 3.8) is 0 Å². The van der Waals surface area contributed by atoms with Gasteiger partial charge in [0, 0.05) is 17.8 Å². The SMILES string of the molecule is CC(C)(C)c1nc2nccn2c(=O)[nH]1. The molecule has 0 spiro atoms. The maximum Gasteiger partial charge on any atom is 0.333 e. The van der Waals surface area contributed by atoms with Crippen molar-refractivity contribution < 1.29 is 0 Å². The summed E-state index contributed by atoms with van der Waals surface area (Å²) in [5, 5.41) is 0. The molecule has 0 bridgehead atoms. The molecule has 0 radical (unpaired) electrons. The van der Waals surface area contributed by atoms with Gasteiger partial charge in [-0.05, 0) is 0 Å². The number of imidazole rings is 1. The lowest BCUT2D eigenvalue weighted by Gasteiger charge is -2.16. The van der Waals surface area contributed by atoms with Crippen LogP contribution in [0.5, 0.6) is 0 Å². The summed E-state index contributed by atoms with van der Waals surface area (Å²) in [6.45, 7) is 5.97. The van der Waals surface area contributed by atoms with E-state index < -0.39 is 0 Å². The molecular weight excluding hydrogens is 180 g/mol. The first-order valence-corrected chi connectivity index (χ1v) is 4.42. The highest BCUT2D eigenvalue weighted by molar-refractivity contribution is 5.27. The molecule has 0 aliphatic heterocycles. The van der Waals surface area contributed by atoms with Crippen molar-refractivity contribution in [1.82, 2.24) is 19.4 Å². The molecule has 2 rings (SSSR count). The number of nitrogens with zero attached hydrogens (tertiary/aromatic N) is 3. The van der Waals surface area contributed by atoms with E-state index in [9.17, 15) is 4.79 Å². The van der Waals surface area contributed by atoms with Crippen LogP contribution in [0.15, 0.2) is 17.2 Å². The summed E-state index contributed by atoms with van der Waals surface area (Å²) in [6.07, 6.45) is 3.15. The van der Waals surface area contributed by atoms with Crippen molar-refractivity contribution in [2.75, 3.05) is 0 Å². The van der Waals surface area contributed by atoms with Crippen molar-refractivity contribution in [3.8, 4) is 0 Å². The lowest BCUT2D eigenvalue weighted by molar-refractivity contribution is 0.539. The van der Waals surface area contributed by atoms with Crippen molar-refractivity contribution in [3.05, 3.63) is 28.7 Å². The number of hydrogen-bond acceptors (Lipinski definition) is 3. The predicted molar refractivity (Wildman–Crippen MR) is 52.3 cm³/mol. The van der Waals surface area contributed by atoms with Gasteiger partial charge in [-0.15, -0.1) is 0 Å². The number of aromatic nitrogens is 4. The van der Waals surface area contributed by atoms with Crippen LogP contribution >= 0.6 is 0 Å². The van der Waals surface area contributed by atoms with Crippen LogP contribution in [0.3, 0.4) is 0 Å². The molecule has 2 heterocycles. The Labute approximate surface area is 80.8 Å². The van der Waals surface area contributed by atoms with Gasteiger partial charge in [-0.2, -0.15) is 4.98 Å². The number of fused-ring (bicyclic) bond motifs is 1. The average Bonchev–Trinajstić information content (AvgIpc) is 2.50. The minimum Gasteiger partial charge on any atom is -0.294 e. The van der Waals surface area contributed by atoms with Gasteiger partial charge in [-0.25, -0.2) is 14.2 Å². The van der Waals surface area contributed by atoms with Crippen molar-refractivity contribution in [2.45, 2.75) is 26.2 Å². The lowest BCUT2D eigenvalue weighted by atomic mass is 9.96. The first-order chi connectivity index (χ1) is 6.48. The quantitative estimate of drug-likeness (QED) is 0.668. The molecule has 0 saturated carbocycles. The summed E-state index contributed by atoms with van der Waals surface area (Å²) in [7, 11) is 0. The number of rotatable bonds is 0. The summed E-state index contributed by atoms with van der Waals surface area (Å²) in [4.78, 5) is 22.5. The molecule has 0 aliphatic carbocycles. The first kappa shape index (κ1) is 8.93. The van der Waals surface area contributed by atoms with Crippen LogP contribution in [0.25, 0.3) is 5.78 Å². The lowest BCUT2D eigenvalue weighted by Crippen LogP contribution is -2.25. The third-order valence-electron chi connectivity index (χ3n) is 1.99. The second-order valence-corrected chi connectivity index (χ2v) is 4.24. The highest BCUT2D eigenvalue weighted by Crippen LogP contribution is 2.16. The Kier molecular flexibility index (Phi) is 1.70. The standard InChI is InChI=1S/C9H12N4O/c1-9(2,3)6-11-7-10-4-5-13(7)8(14)12-6/h4-5H,1-3H3,(H,10,11,12,14). The van der Waals surface area contributed by atoms with Crippen LogP contribution < -0.4 is 5.69 Å². The average molecular weight is 192 g/mol. The molecule has 0 amide bonds. The summed E-state index contributed by atoms with van der Waals surface area (Å²) in [5.74, 6) is 1.10. The maximum absolute atomic E-state index is 11.5. The van der Waals surface area contributed by atoms with Crippen LogP contribution in [0.4, 0.5) is 0 Å². The number of aromatic amines is 1. The summed E-state index contributed by atoms with van der Waals surface area (Å²) in [5.41, 5.74) is -0.371. The van der Waals surface area contributed by atoms with E-state index in [4.69, 9.17) is 0 Å². The van der Waals surface area contributed by atoms with E-state index in [0.29, 0.717) is 11.6 Å². The molecular formula is C9H12N4O. The van der Waals surface area contributed by atoms with E-state index >= 15 is 0 Å². The van der Waals surface area contributed by atoms with E-state index in [1.165, 1.54) is 4.40 Å². The second-order valence-electron chi connectivity index (χ2n) is 4.24. The highest BCUT2D eigenvalue weighted by atomic mass is 16.1. The minimum absolute atomic E-state index is 0.174. The van der Waals surface area contributed by atoms with Crippen LogP contribution in [-0.4, -0.2) is 19.4 Å². The van der Waals surface area contributed by atoms with E-state index in [-0.39, 0.29) is 11.1 Å². The third kappa shape index (κ3) is 1.30. The molecule has 0 aliphatic rings. The molecule has 0 fully saturated rings. The molecule has 0 unspecified atom stereocenters. The monoisotopic (exact) mass is 192 g/mol. The Hall–Kier alpha value is -1.65. The topological polar surface area (TPSA) is 63.1 Å². The zero-order chi connectivity index (χ0) is 10.3. The Balaban J connectivity index is 2.77. The van der Waals surface area contributed by atoms with Gasteiger partial charge in [0.25, 0.3) is 0 Å². The number of H-pyrrole nitrogens is 1. The van der Waals surface area contributed by atoms with Crippen LogP contribution in [0, 0.1) is 0 Å². The summed E-state index contributed by atoms with van der Waals surface area (Å²) < 4.78 is 1.38. The number of nitrogens with one attached hydrogen (secondary N) is 1. The van der Waals surface area contributed by atoms with E-state index in [1.807, 2.05) is 20.8 Å². The minimum atomic E-state index is -0.197. The van der Waals surface area contributed by atoms with Gasteiger partial charge in [0.1, 0.15) is 5.82 Å².